The van der Waals surface area contributed by atoms with Crippen molar-refractivity contribution in [3.8, 4) is 17.2 Å². The molecule has 0 amide bonds. The summed E-state index contributed by atoms with van der Waals surface area (Å²) in [5.74, 6) is 0.287. The first-order valence-corrected chi connectivity index (χ1v) is 10.4. The Morgan fingerprint density at radius 2 is 1.97 bits per heavy atom. The Bertz CT molecular complexity index is 1240. The van der Waals surface area contributed by atoms with Gasteiger partial charge in [0.2, 0.25) is 0 Å². The van der Waals surface area contributed by atoms with E-state index in [-0.39, 0.29) is 5.92 Å². The Morgan fingerprint density at radius 3 is 2.77 bits per heavy atom. The molecule has 5 rings (SSSR count). The third-order valence-corrected chi connectivity index (χ3v) is 6.41. The Hall–Kier alpha value is -3.23. The quantitative estimate of drug-likeness (QED) is 0.568. The molecular weight excluding hydrogens is 370 g/mol. The van der Waals surface area contributed by atoms with Gasteiger partial charge in [0.25, 0.3) is 0 Å². The lowest BCUT2D eigenvalue weighted by Gasteiger charge is -2.24. The van der Waals surface area contributed by atoms with E-state index in [1.807, 2.05) is 13.2 Å². The average Bonchev–Trinajstić information content (AvgIpc) is 3.27. The van der Waals surface area contributed by atoms with Gasteiger partial charge in [0.05, 0.1) is 11.4 Å². The second-order valence-electron chi connectivity index (χ2n) is 8.58. The number of nitriles is 1. The highest BCUT2D eigenvalue weighted by molar-refractivity contribution is 5.81. The zero-order valence-electron chi connectivity index (χ0n) is 17.9. The second-order valence-corrected chi connectivity index (χ2v) is 8.58. The summed E-state index contributed by atoms with van der Waals surface area (Å²) in [6.07, 6.45) is 5.09. The molecule has 0 saturated carbocycles. The SMILES string of the molecule is Cc1ccc2c(c1)[C@@H](C)C1=CCc3ncc(cc31)-c1c(nn(C)c1C#N)CN(C)C2. The number of hydrogen-bond acceptors (Lipinski definition) is 4. The molecule has 5 heteroatoms. The number of pyridine rings is 1. The van der Waals surface area contributed by atoms with Crippen molar-refractivity contribution >= 4 is 5.57 Å². The van der Waals surface area contributed by atoms with E-state index in [9.17, 15) is 5.26 Å². The van der Waals surface area contributed by atoms with Crippen LogP contribution in [0.15, 0.2) is 36.5 Å². The topological polar surface area (TPSA) is 57.7 Å². The smallest absolute Gasteiger partial charge is 0.146 e. The molecule has 1 aromatic carbocycles. The Morgan fingerprint density at radius 1 is 1.13 bits per heavy atom. The fourth-order valence-electron chi connectivity index (χ4n) is 4.92. The highest BCUT2D eigenvalue weighted by Gasteiger charge is 2.27. The number of aromatic nitrogens is 3. The summed E-state index contributed by atoms with van der Waals surface area (Å²) < 4.78 is 1.70. The molecule has 0 radical (unpaired) electrons. The molecule has 5 nitrogen and oxygen atoms in total. The molecule has 2 aromatic heterocycles. The molecule has 1 aliphatic carbocycles. The average molecular weight is 396 g/mol. The molecule has 3 heterocycles. The molecule has 150 valence electrons. The maximum Gasteiger partial charge on any atom is 0.146 e. The van der Waals surface area contributed by atoms with Gasteiger partial charge < -0.3 is 0 Å². The molecule has 0 N–H and O–H groups in total. The number of aryl methyl sites for hydroxylation is 2. The number of fused-ring (bicyclic) bond motifs is 4. The summed E-state index contributed by atoms with van der Waals surface area (Å²) in [5, 5.41) is 14.5. The monoisotopic (exact) mass is 395 g/mol. The van der Waals surface area contributed by atoms with Gasteiger partial charge in [0.1, 0.15) is 11.8 Å². The van der Waals surface area contributed by atoms with Crippen molar-refractivity contribution in [1.29, 1.82) is 5.26 Å². The van der Waals surface area contributed by atoms with Crippen LogP contribution < -0.4 is 0 Å². The van der Waals surface area contributed by atoms with Gasteiger partial charge in [-0.1, -0.05) is 36.8 Å². The summed E-state index contributed by atoms with van der Waals surface area (Å²) >= 11 is 0. The fraction of sp³-hybridized carbons (Fsp3) is 0.320. The van der Waals surface area contributed by atoms with E-state index < -0.39 is 0 Å². The first-order valence-electron chi connectivity index (χ1n) is 10.4. The van der Waals surface area contributed by atoms with Crippen LogP contribution >= 0.6 is 0 Å². The van der Waals surface area contributed by atoms with Gasteiger partial charge >= 0.3 is 0 Å². The van der Waals surface area contributed by atoms with Gasteiger partial charge in [-0.25, -0.2) is 0 Å². The largest absolute Gasteiger partial charge is 0.296 e. The van der Waals surface area contributed by atoms with Gasteiger partial charge in [-0.05, 0) is 36.7 Å². The van der Waals surface area contributed by atoms with Crippen LogP contribution in [-0.4, -0.2) is 26.7 Å². The molecular formula is C25H25N5. The zero-order valence-corrected chi connectivity index (χ0v) is 17.9. The number of hydrogen-bond donors (Lipinski definition) is 0. The van der Waals surface area contributed by atoms with Crippen LogP contribution in [0.1, 0.15) is 52.2 Å². The van der Waals surface area contributed by atoms with Gasteiger partial charge in [-0.2, -0.15) is 10.4 Å². The predicted molar refractivity (Wildman–Crippen MR) is 118 cm³/mol. The molecule has 0 saturated heterocycles. The van der Waals surface area contributed by atoms with E-state index in [0.717, 1.165) is 35.5 Å². The molecule has 0 fully saturated rings. The summed E-state index contributed by atoms with van der Waals surface area (Å²) in [6.45, 7) is 5.97. The lowest BCUT2D eigenvalue weighted by Crippen LogP contribution is -2.20. The lowest BCUT2D eigenvalue weighted by atomic mass is 9.85. The van der Waals surface area contributed by atoms with Crippen molar-refractivity contribution in [2.45, 2.75) is 39.3 Å². The van der Waals surface area contributed by atoms with Crippen LogP contribution in [0.25, 0.3) is 16.7 Å². The molecule has 0 unspecified atom stereocenters. The molecule has 2 aliphatic rings. The van der Waals surface area contributed by atoms with Gasteiger partial charge in [-0.15, -0.1) is 0 Å². The molecule has 30 heavy (non-hydrogen) atoms. The van der Waals surface area contributed by atoms with E-state index in [1.54, 1.807) is 4.68 Å². The summed E-state index contributed by atoms with van der Waals surface area (Å²) in [7, 11) is 3.96. The van der Waals surface area contributed by atoms with E-state index in [2.05, 4.69) is 62.2 Å². The number of benzene rings is 1. The number of rotatable bonds is 0. The Balaban J connectivity index is 1.77. The third kappa shape index (κ3) is 2.88. The van der Waals surface area contributed by atoms with Crippen LogP contribution in [-0.2, 0) is 26.6 Å². The summed E-state index contributed by atoms with van der Waals surface area (Å²) in [4.78, 5) is 7.07. The molecule has 2 bridgehead atoms. The number of allylic oxidation sites excluding steroid dienone is 2. The first-order chi connectivity index (χ1) is 14.5. The van der Waals surface area contributed by atoms with E-state index in [4.69, 9.17) is 10.1 Å². The van der Waals surface area contributed by atoms with Crippen molar-refractivity contribution in [1.82, 2.24) is 19.7 Å². The van der Waals surface area contributed by atoms with Crippen molar-refractivity contribution in [2.75, 3.05) is 7.05 Å². The fourth-order valence-corrected chi connectivity index (χ4v) is 4.92. The zero-order chi connectivity index (χ0) is 21.0. The molecule has 1 aliphatic heterocycles. The summed E-state index contributed by atoms with van der Waals surface area (Å²) in [5.41, 5.74) is 11.1. The van der Waals surface area contributed by atoms with Crippen molar-refractivity contribution in [2.24, 2.45) is 7.05 Å². The minimum atomic E-state index is 0.287. The van der Waals surface area contributed by atoms with Crippen LogP contribution in [0, 0.1) is 18.3 Å². The van der Waals surface area contributed by atoms with E-state index >= 15 is 0 Å². The van der Waals surface area contributed by atoms with Crippen LogP contribution in [0.3, 0.4) is 0 Å². The normalized spacial score (nSPS) is 18.0. The maximum atomic E-state index is 9.81. The van der Waals surface area contributed by atoms with Crippen LogP contribution in [0.4, 0.5) is 0 Å². The van der Waals surface area contributed by atoms with Crippen LogP contribution in [0.2, 0.25) is 0 Å². The maximum absolute atomic E-state index is 9.81. The van der Waals surface area contributed by atoms with E-state index in [1.165, 1.54) is 27.8 Å². The Kier molecular flexibility index (Phi) is 4.34. The summed E-state index contributed by atoms with van der Waals surface area (Å²) in [6, 6.07) is 11.4. The van der Waals surface area contributed by atoms with Gasteiger partial charge in [0, 0.05) is 55.4 Å². The van der Waals surface area contributed by atoms with Gasteiger partial charge in [-0.3, -0.25) is 14.6 Å². The van der Waals surface area contributed by atoms with Crippen molar-refractivity contribution in [3.63, 3.8) is 0 Å². The van der Waals surface area contributed by atoms with Crippen LogP contribution in [0.5, 0.6) is 0 Å². The Labute approximate surface area is 177 Å². The van der Waals surface area contributed by atoms with Gasteiger partial charge in [0.15, 0.2) is 0 Å². The van der Waals surface area contributed by atoms with Crippen molar-refractivity contribution in [3.05, 3.63) is 75.9 Å². The minimum absolute atomic E-state index is 0.287. The number of nitrogens with zero attached hydrogens (tertiary/aromatic N) is 5. The lowest BCUT2D eigenvalue weighted by molar-refractivity contribution is 0.313. The first kappa shape index (κ1) is 18.8. The van der Waals surface area contributed by atoms with E-state index in [0.29, 0.717) is 12.2 Å². The van der Waals surface area contributed by atoms with Crippen molar-refractivity contribution < 1.29 is 0 Å². The predicted octanol–water partition coefficient (Wildman–Crippen LogP) is 4.35. The highest BCUT2D eigenvalue weighted by atomic mass is 15.3. The third-order valence-electron chi connectivity index (χ3n) is 6.41. The molecule has 3 aromatic rings. The standard InChI is InChI=1S/C25H25N5/c1-15-5-6-17-13-29(3)14-23-25(24(11-26)30(4)28-23)18-10-21-19(16(2)20(17)9-15)7-8-22(21)27-12-18/h5-7,9-10,12,16H,8,13-14H2,1-4H3/t16-/m0/s1. The molecule has 1 atom stereocenters. The highest BCUT2D eigenvalue weighted by Crippen LogP contribution is 2.41. The molecule has 0 spiro atoms. The second kappa shape index (κ2) is 6.93. The minimum Gasteiger partial charge on any atom is -0.296 e.